The van der Waals surface area contributed by atoms with Crippen LogP contribution in [0.1, 0.15) is 36.8 Å². The molecule has 3 fully saturated rings. The van der Waals surface area contributed by atoms with Gasteiger partial charge in [0.05, 0.1) is 10.7 Å². The molecule has 2 aromatic rings. The number of carbonyl (C=O) groups excluding carboxylic acids is 3. The molecule has 3 saturated heterocycles. The number of amides is 4. The van der Waals surface area contributed by atoms with Gasteiger partial charge >= 0.3 is 12.1 Å². The van der Waals surface area contributed by atoms with Crippen molar-refractivity contribution in [2.75, 3.05) is 70.5 Å². The van der Waals surface area contributed by atoms with Crippen LogP contribution in [0.15, 0.2) is 40.9 Å². The molecule has 0 radical (unpaired) electrons. The number of ether oxygens (including phenoxy) is 1. The highest BCUT2D eigenvalue weighted by molar-refractivity contribution is 9.10. The van der Waals surface area contributed by atoms with Crippen molar-refractivity contribution in [1.29, 1.82) is 0 Å². The van der Waals surface area contributed by atoms with Gasteiger partial charge in [-0.25, -0.2) is 22.3 Å². The van der Waals surface area contributed by atoms with Crippen molar-refractivity contribution < 1.29 is 32.6 Å². The van der Waals surface area contributed by atoms with E-state index < -0.39 is 22.2 Å². The lowest BCUT2D eigenvalue weighted by molar-refractivity contribution is -0.143. The quantitative estimate of drug-likeness (QED) is 0.405. The Labute approximate surface area is 303 Å². The molecule has 4 amide bonds. The number of likely N-dealkylation sites (tertiary alicyclic amines) is 1. The summed E-state index contributed by atoms with van der Waals surface area (Å²) in [6, 6.07) is 11.5. The third-order valence-electron chi connectivity index (χ3n) is 10.6. The highest BCUT2D eigenvalue weighted by Gasteiger charge is 2.37. The summed E-state index contributed by atoms with van der Waals surface area (Å²) in [6.45, 7) is 4.67. The number of piperidine rings is 2. The Bertz CT molecular complexity index is 1670. The van der Waals surface area contributed by atoms with Gasteiger partial charge < -0.3 is 29.9 Å². The summed E-state index contributed by atoms with van der Waals surface area (Å²) in [6.07, 6.45) is 3.25. The molecule has 0 aliphatic carbocycles. The van der Waals surface area contributed by atoms with Crippen LogP contribution >= 0.6 is 15.9 Å². The molecule has 4 aliphatic rings. The molecule has 270 valence electrons. The Kier molecular flexibility index (Phi) is 11.3. The average molecular weight is 774 g/mol. The lowest BCUT2D eigenvalue weighted by Crippen LogP contribution is -2.57. The molecule has 16 heteroatoms. The Hall–Kier alpha value is -3.34. The van der Waals surface area contributed by atoms with Gasteiger partial charge in [-0.05, 0) is 76.8 Å². The maximum absolute atomic E-state index is 14.0. The minimum atomic E-state index is -3.20. The van der Waals surface area contributed by atoms with Crippen molar-refractivity contribution >= 4 is 63.0 Å². The van der Waals surface area contributed by atoms with Gasteiger partial charge in [0, 0.05) is 83.1 Å². The number of para-hydroxylation sites is 1. The summed E-state index contributed by atoms with van der Waals surface area (Å²) in [5.41, 5.74) is 3.34. The van der Waals surface area contributed by atoms with Gasteiger partial charge in [0.15, 0.2) is 6.10 Å². The number of carbonyl (C=O) groups is 3. The second kappa shape index (κ2) is 15.5. The number of fused-ring (bicyclic) bond motifs is 1. The van der Waals surface area contributed by atoms with E-state index in [0.29, 0.717) is 81.7 Å². The van der Waals surface area contributed by atoms with Crippen LogP contribution in [0.2, 0.25) is 0 Å². The molecule has 2 N–H and O–H groups in total. The van der Waals surface area contributed by atoms with Crippen LogP contribution in [0.4, 0.5) is 15.3 Å². The van der Waals surface area contributed by atoms with Crippen molar-refractivity contribution in [3.05, 3.63) is 52.0 Å². The number of hydrogen-bond donors (Lipinski definition) is 2. The number of phenolic OH excluding ortho intramolecular Hbond substituents is 1. The molecule has 50 heavy (non-hydrogen) atoms. The zero-order valence-corrected chi connectivity index (χ0v) is 31.1. The predicted molar refractivity (Wildman–Crippen MR) is 196 cm³/mol. The maximum atomic E-state index is 14.0. The summed E-state index contributed by atoms with van der Waals surface area (Å²) < 4.78 is 31.9. The van der Waals surface area contributed by atoms with E-state index in [2.05, 4.69) is 26.1 Å². The third kappa shape index (κ3) is 8.40. The van der Waals surface area contributed by atoms with Crippen molar-refractivity contribution in [3.8, 4) is 5.75 Å². The summed E-state index contributed by atoms with van der Waals surface area (Å²) in [7, 11) is -1.42. The van der Waals surface area contributed by atoms with Gasteiger partial charge in [-0.2, -0.15) is 0 Å². The summed E-state index contributed by atoms with van der Waals surface area (Å²) in [4.78, 5) is 48.3. The Balaban J connectivity index is 1.07. The number of halogens is 1. The number of urea groups is 1. The number of benzene rings is 2. The van der Waals surface area contributed by atoms with E-state index >= 15 is 0 Å². The number of anilines is 1. The van der Waals surface area contributed by atoms with Crippen molar-refractivity contribution in [2.45, 2.75) is 56.7 Å². The van der Waals surface area contributed by atoms with Crippen LogP contribution in [0.3, 0.4) is 0 Å². The van der Waals surface area contributed by atoms with Gasteiger partial charge in [-0.15, -0.1) is 0 Å². The maximum Gasteiger partial charge on any atom is 0.410 e. The highest BCUT2D eigenvalue weighted by Crippen LogP contribution is 2.27. The molecule has 4 aliphatic heterocycles. The number of nitrogens with one attached hydrogen (secondary N) is 1. The standard InChI is InChI=1S/C34H46BBrN6O7S/c1-50(47,48)41-13-9-25(10-14-41)38-16-18-39(19-17-38)32(44)30(22-23-20-27(35)31(43)28(36)21-23)49-34(46)40-11-7-26(8-12-40)42-15-6-24-4-2-3-5-29(24)37-33(42)45/h2-5,20-21,25-26,30,43H,6-19,22,35H2,1H3,(H,37,45)/t30-/m1/s1. The van der Waals surface area contributed by atoms with E-state index in [1.54, 1.807) is 29.8 Å². The number of hydrogen-bond acceptors (Lipinski definition) is 8. The number of sulfonamides is 1. The second-order valence-electron chi connectivity index (χ2n) is 13.8. The van der Waals surface area contributed by atoms with E-state index in [1.807, 2.05) is 29.2 Å². The summed E-state index contributed by atoms with van der Waals surface area (Å²) in [5, 5.41) is 13.3. The SMILES string of the molecule is Bc1cc(C[C@@H](OC(=O)N2CCC(N3CCc4ccccc4NC3=O)CC2)C(=O)N2CCN(C3CCN(S(C)(=O)=O)CC3)CC2)cc(Br)c1O. The zero-order chi connectivity index (χ0) is 35.6. The monoisotopic (exact) mass is 772 g/mol. The molecule has 0 aromatic heterocycles. The lowest BCUT2D eigenvalue weighted by atomic mass is 9.91. The normalized spacial score (nSPS) is 20.9. The molecule has 2 aromatic carbocycles. The molecule has 6 rings (SSSR count). The molecular weight excluding hydrogens is 727 g/mol. The smallest absolute Gasteiger partial charge is 0.410 e. The molecule has 4 heterocycles. The van der Waals surface area contributed by atoms with E-state index in [0.717, 1.165) is 36.1 Å². The van der Waals surface area contributed by atoms with E-state index in [1.165, 1.54) is 10.6 Å². The van der Waals surface area contributed by atoms with Crippen LogP contribution < -0.4 is 10.8 Å². The van der Waals surface area contributed by atoms with Gasteiger partial charge in [-0.1, -0.05) is 24.3 Å². The van der Waals surface area contributed by atoms with Gasteiger partial charge in [0.1, 0.15) is 13.6 Å². The van der Waals surface area contributed by atoms with Crippen molar-refractivity contribution in [3.63, 3.8) is 0 Å². The van der Waals surface area contributed by atoms with Crippen molar-refractivity contribution in [1.82, 2.24) is 23.9 Å². The summed E-state index contributed by atoms with van der Waals surface area (Å²) in [5.74, 6) is -0.139. The average Bonchev–Trinajstić information content (AvgIpc) is 3.27. The van der Waals surface area contributed by atoms with Crippen LogP contribution in [-0.4, -0.2) is 147 Å². The minimum absolute atomic E-state index is 0.0157. The first kappa shape index (κ1) is 36.5. The number of phenols is 1. The lowest BCUT2D eigenvalue weighted by Gasteiger charge is -2.43. The fourth-order valence-electron chi connectivity index (χ4n) is 7.66. The number of rotatable bonds is 7. The van der Waals surface area contributed by atoms with E-state index in [9.17, 15) is 27.9 Å². The molecule has 13 nitrogen and oxygen atoms in total. The number of piperazine rings is 1. The second-order valence-corrected chi connectivity index (χ2v) is 16.7. The van der Waals surface area contributed by atoms with Crippen molar-refractivity contribution in [2.24, 2.45) is 0 Å². The van der Waals surface area contributed by atoms with Crippen LogP contribution in [0.5, 0.6) is 5.75 Å². The summed E-state index contributed by atoms with van der Waals surface area (Å²) >= 11 is 3.39. The molecule has 1 atom stereocenters. The van der Waals surface area contributed by atoms with Crippen LogP contribution in [0.25, 0.3) is 0 Å². The Morgan fingerprint density at radius 2 is 1.62 bits per heavy atom. The van der Waals surface area contributed by atoms with E-state index in [4.69, 9.17) is 4.74 Å². The zero-order valence-electron chi connectivity index (χ0n) is 28.7. The molecule has 0 unspecified atom stereocenters. The van der Waals surface area contributed by atoms with Gasteiger partial charge in [-0.3, -0.25) is 9.69 Å². The first-order valence-electron chi connectivity index (χ1n) is 17.4. The molecule has 0 bridgehead atoms. The topological polar surface area (TPSA) is 143 Å². The molecular formula is C34H46BBrN6O7S. The van der Waals surface area contributed by atoms with Gasteiger partial charge in [0.2, 0.25) is 10.0 Å². The first-order valence-corrected chi connectivity index (χ1v) is 20.1. The van der Waals surface area contributed by atoms with Gasteiger partial charge in [0.25, 0.3) is 5.91 Å². The fourth-order valence-corrected chi connectivity index (χ4v) is 9.14. The highest BCUT2D eigenvalue weighted by atomic mass is 79.9. The minimum Gasteiger partial charge on any atom is -0.507 e. The Morgan fingerprint density at radius 1 is 0.960 bits per heavy atom. The van der Waals surface area contributed by atoms with E-state index in [-0.39, 0.29) is 36.2 Å². The molecule has 0 spiro atoms. The first-order chi connectivity index (χ1) is 23.9. The number of nitrogens with zero attached hydrogens (tertiary/aromatic N) is 5. The Morgan fingerprint density at radius 3 is 2.28 bits per heavy atom. The van der Waals surface area contributed by atoms with Crippen LogP contribution in [0, 0.1) is 0 Å². The predicted octanol–water partition coefficient (Wildman–Crippen LogP) is 1.58. The molecule has 0 saturated carbocycles. The third-order valence-corrected chi connectivity index (χ3v) is 12.5. The number of aromatic hydroxyl groups is 1. The van der Waals surface area contributed by atoms with Crippen LogP contribution in [-0.2, 0) is 32.4 Å². The largest absolute Gasteiger partial charge is 0.507 e. The fraction of sp³-hybridized carbons (Fsp3) is 0.559.